The molecule has 2 rings (SSSR count). The number of hydrogen-bond acceptors (Lipinski definition) is 7. The van der Waals surface area contributed by atoms with Gasteiger partial charge in [-0.2, -0.15) is 13.9 Å². The molecular formula is C23H33F2N5O6. The lowest BCUT2D eigenvalue weighted by Gasteiger charge is -2.28. The summed E-state index contributed by atoms with van der Waals surface area (Å²) >= 11 is 0. The molecule has 1 fully saturated rings. The van der Waals surface area contributed by atoms with E-state index in [4.69, 9.17) is 21.6 Å². The summed E-state index contributed by atoms with van der Waals surface area (Å²) in [6, 6.07) is -1.50. The zero-order valence-corrected chi connectivity index (χ0v) is 21.5. The van der Waals surface area contributed by atoms with Gasteiger partial charge in [0, 0.05) is 13.6 Å². The van der Waals surface area contributed by atoms with Crippen molar-refractivity contribution >= 4 is 23.9 Å². The largest absolute Gasteiger partial charge is 0.444 e. The van der Waals surface area contributed by atoms with Gasteiger partial charge in [0.2, 0.25) is 0 Å². The molecular weight excluding hydrogens is 480 g/mol. The Morgan fingerprint density at radius 1 is 1.19 bits per heavy atom. The number of likely N-dealkylation sites (tertiary alicyclic amines) is 1. The summed E-state index contributed by atoms with van der Waals surface area (Å²) in [5.41, 5.74) is 3.56. The quantitative estimate of drug-likeness (QED) is 0.579. The molecule has 36 heavy (non-hydrogen) atoms. The second-order valence-electron chi connectivity index (χ2n) is 10.3. The van der Waals surface area contributed by atoms with E-state index in [2.05, 4.69) is 15.8 Å². The molecule has 2 heterocycles. The van der Waals surface area contributed by atoms with Crippen molar-refractivity contribution in [2.45, 2.75) is 77.9 Å². The van der Waals surface area contributed by atoms with Crippen molar-refractivity contribution in [2.75, 3.05) is 25.1 Å². The molecule has 0 unspecified atom stereocenters. The monoisotopic (exact) mass is 513 g/mol. The van der Waals surface area contributed by atoms with Gasteiger partial charge in [-0.25, -0.2) is 14.3 Å². The Hall–Kier alpha value is -3.40. The maximum absolute atomic E-state index is 12.9. The van der Waals surface area contributed by atoms with Crippen molar-refractivity contribution < 1.29 is 37.4 Å². The Kier molecular flexibility index (Phi) is 8.57. The third kappa shape index (κ3) is 7.07. The summed E-state index contributed by atoms with van der Waals surface area (Å²) in [6.45, 7) is 6.44. The standard InChI is InChI=1S/C23H33F2N5O6/c1-9-15-16(17(26)31)18(28(8)20(32)35-22(2,3)4)30(27-15)13-10-14(12-34-19(24)25)29(11-13)21(33)36-23(5,6)7/h1,13-14,19H,10-12H2,2-8H3,(H2,26,31)/t13-,14+/m0/s1. The summed E-state index contributed by atoms with van der Waals surface area (Å²) in [5, 5.41) is 4.29. The molecule has 0 aromatic carbocycles. The molecule has 1 aliphatic rings. The van der Waals surface area contributed by atoms with Crippen molar-refractivity contribution in [1.29, 1.82) is 0 Å². The van der Waals surface area contributed by atoms with Crippen LogP contribution >= 0.6 is 0 Å². The summed E-state index contributed by atoms with van der Waals surface area (Å²) in [7, 11) is 1.35. The van der Waals surface area contributed by atoms with Crippen LogP contribution in [0.3, 0.4) is 0 Å². The molecule has 3 amide bonds. The number of anilines is 1. The zero-order chi connectivity index (χ0) is 27.6. The van der Waals surface area contributed by atoms with Crippen LogP contribution in [0.1, 0.15) is 70.1 Å². The van der Waals surface area contributed by atoms with Crippen LogP contribution in [0.25, 0.3) is 0 Å². The fraction of sp³-hybridized carbons (Fsp3) is 0.652. The van der Waals surface area contributed by atoms with E-state index in [1.165, 1.54) is 16.6 Å². The smallest absolute Gasteiger partial charge is 0.415 e. The Bertz CT molecular complexity index is 1040. The maximum atomic E-state index is 12.9. The van der Waals surface area contributed by atoms with E-state index in [9.17, 15) is 23.2 Å². The minimum atomic E-state index is -3.04. The van der Waals surface area contributed by atoms with Crippen LogP contribution in [-0.4, -0.2) is 76.8 Å². The van der Waals surface area contributed by atoms with Gasteiger partial charge in [-0.05, 0) is 53.9 Å². The number of primary amides is 1. The summed E-state index contributed by atoms with van der Waals surface area (Å²) in [6.07, 6.45) is 4.08. The van der Waals surface area contributed by atoms with Gasteiger partial charge in [0.1, 0.15) is 22.5 Å². The van der Waals surface area contributed by atoms with Crippen LogP contribution in [-0.2, 0) is 14.2 Å². The van der Waals surface area contributed by atoms with Crippen LogP contribution in [0.4, 0.5) is 24.2 Å². The number of carbonyl (C=O) groups excluding carboxylic acids is 3. The molecule has 0 aliphatic carbocycles. The molecule has 1 aliphatic heterocycles. The number of alkyl halides is 2. The first kappa shape index (κ1) is 28.8. The third-order valence-electron chi connectivity index (χ3n) is 5.03. The average Bonchev–Trinajstić information content (AvgIpc) is 3.30. The molecule has 1 aromatic heterocycles. The van der Waals surface area contributed by atoms with Crippen molar-refractivity contribution in [3.63, 3.8) is 0 Å². The van der Waals surface area contributed by atoms with Crippen molar-refractivity contribution in [3.05, 3.63) is 11.3 Å². The number of terminal acetylenes is 1. The van der Waals surface area contributed by atoms with Crippen molar-refractivity contribution in [3.8, 4) is 12.3 Å². The van der Waals surface area contributed by atoms with E-state index in [1.807, 2.05) is 0 Å². The van der Waals surface area contributed by atoms with Crippen LogP contribution in [0.5, 0.6) is 0 Å². The van der Waals surface area contributed by atoms with Gasteiger partial charge in [-0.1, -0.05) is 0 Å². The van der Waals surface area contributed by atoms with Gasteiger partial charge < -0.3 is 24.8 Å². The highest BCUT2D eigenvalue weighted by Crippen LogP contribution is 2.35. The van der Waals surface area contributed by atoms with Crippen LogP contribution in [0, 0.1) is 12.3 Å². The van der Waals surface area contributed by atoms with Gasteiger partial charge in [-0.3, -0.25) is 9.69 Å². The highest BCUT2D eigenvalue weighted by atomic mass is 19.3. The molecule has 1 aromatic rings. The fourth-order valence-electron chi connectivity index (χ4n) is 3.70. The topological polar surface area (TPSA) is 129 Å². The number of amides is 3. The van der Waals surface area contributed by atoms with Crippen LogP contribution < -0.4 is 10.6 Å². The van der Waals surface area contributed by atoms with E-state index in [1.54, 1.807) is 41.5 Å². The molecule has 13 heteroatoms. The molecule has 0 radical (unpaired) electrons. The van der Waals surface area contributed by atoms with E-state index in [0.29, 0.717) is 0 Å². The second kappa shape index (κ2) is 10.7. The molecule has 11 nitrogen and oxygen atoms in total. The average molecular weight is 514 g/mol. The van der Waals surface area contributed by atoms with Gasteiger partial charge in [0.15, 0.2) is 5.82 Å². The Labute approximate surface area is 208 Å². The predicted molar refractivity (Wildman–Crippen MR) is 126 cm³/mol. The normalized spacial score (nSPS) is 18.2. The number of ether oxygens (including phenoxy) is 3. The fourth-order valence-corrected chi connectivity index (χ4v) is 3.70. The summed E-state index contributed by atoms with van der Waals surface area (Å²) < 4.78 is 42.2. The molecule has 2 atom stereocenters. The Balaban J connectivity index is 2.54. The second-order valence-corrected chi connectivity index (χ2v) is 10.3. The predicted octanol–water partition coefficient (Wildman–Crippen LogP) is 3.12. The van der Waals surface area contributed by atoms with E-state index < -0.39 is 54.6 Å². The number of halogens is 2. The van der Waals surface area contributed by atoms with Crippen LogP contribution in [0.2, 0.25) is 0 Å². The zero-order valence-electron chi connectivity index (χ0n) is 21.5. The Morgan fingerprint density at radius 3 is 2.25 bits per heavy atom. The first-order chi connectivity index (χ1) is 16.4. The van der Waals surface area contributed by atoms with E-state index >= 15 is 0 Å². The maximum Gasteiger partial charge on any atom is 0.415 e. The van der Waals surface area contributed by atoms with Gasteiger partial charge in [0.05, 0.1) is 18.7 Å². The number of hydrogen-bond donors (Lipinski definition) is 1. The van der Waals surface area contributed by atoms with Gasteiger partial charge in [-0.15, -0.1) is 6.42 Å². The molecule has 200 valence electrons. The number of nitrogens with zero attached hydrogens (tertiary/aromatic N) is 4. The Morgan fingerprint density at radius 2 is 1.78 bits per heavy atom. The highest BCUT2D eigenvalue weighted by molar-refractivity contribution is 6.03. The third-order valence-corrected chi connectivity index (χ3v) is 5.03. The van der Waals surface area contributed by atoms with Crippen molar-refractivity contribution in [2.24, 2.45) is 5.73 Å². The number of carbonyl (C=O) groups is 3. The van der Waals surface area contributed by atoms with E-state index in [0.717, 1.165) is 4.90 Å². The lowest BCUT2D eigenvalue weighted by atomic mass is 10.1. The van der Waals surface area contributed by atoms with Gasteiger partial charge >= 0.3 is 18.8 Å². The number of nitrogens with two attached hydrogens (primary N) is 1. The lowest BCUT2D eigenvalue weighted by molar-refractivity contribution is -0.138. The van der Waals surface area contributed by atoms with Crippen molar-refractivity contribution in [1.82, 2.24) is 14.7 Å². The first-order valence-electron chi connectivity index (χ1n) is 11.2. The lowest BCUT2D eigenvalue weighted by Crippen LogP contribution is -2.42. The minimum Gasteiger partial charge on any atom is -0.444 e. The molecule has 0 spiro atoms. The van der Waals surface area contributed by atoms with Gasteiger partial charge in [0.25, 0.3) is 5.91 Å². The number of rotatable bonds is 6. The minimum absolute atomic E-state index is 0.0470. The number of aromatic nitrogens is 2. The summed E-state index contributed by atoms with van der Waals surface area (Å²) in [5.74, 6) is 1.30. The molecule has 2 N–H and O–H groups in total. The van der Waals surface area contributed by atoms with E-state index in [-0.39, 0.29) is 30.0 Å². The van der Waals surface area contributed by atoms with Crippen LogP contribution in [0.15, 0.2) is 0 Å². The summed E-state index contributed by atoms with van der Waals surface area (Å²) in [4.78, 5) is 40.3. The highest BCUT2D eigenvalue weighted by Gasteiger charge is 2.42. The molecule has 0 saturated carbocycles. The molecule has 0 bridgehead atoms. The SMILES string of the molecule is C#Cc1nn([C@H]2C[C@H](COC(F)F)N(C(=O)OC(C)(C)C)C2)c(N(C)C(=O)OC(C)(C)C)c1C(N)=O. The first-order valence-corrected chi connectivity index (χ1v) is 11.2. The molecule has 1 saturated heterocycles.